The van der Waals surface area contributed by atoms with Crippen LogP contribution in [0.5, 0.6) is 0 Å². The van der Waals surface area contributed by atoms with Crippen LogP contribution >= 0.6 is 0 Å². The van der Waals surface area contributed by atoms with E-state index in [1.54, 1.807) is 0 Å². The Kier molecular flexibility index (Phi) is 4.92. The zero-order valence-electron chi connectivity index (χ0n) is 17.0. The quantitative estimate of drug-likeness (QED) is 0.702. The fraction of sp³-hybridized carbons (Fsp3) is 0.480. The van der Waals surface area contributed by atoms with Gasteiger partial charge in [0.25, 0.3) is 0 Å². The number of fused-ring (bicyclic) bond motifs is 1. The summed E-state index contributed by atoms with van der Waals surface area (Å²) in [6.45, 7) is 1.41. The van der Waals surface area contributed by atoms with Gasteiger partial charge in [0.05, 0.1) is 20.3 Å². The van der Waals surface area contributed by atoms with Crippen molar-refractivity contribution in [3.63, 3.8) is 0 Å². The molecule has 1 aromatic carbocycles. The van der Waals surface area contributed by atoms with Gasteiger partial charge in [-0.05, 0) is 66.4 Å². The molecule has 0 N–H and O–H groups in total. The molecule has 0 unspecified atom stereocenters. The molecule has 1 aliphatic heterocycles. The first kappa shape index (κ1) is 18.8. The largest absolute Gasteiger partial charge is 0.466 e. The van der Waals surface area contributed by atoms with E-state index in [-0.39, 0.29) is 11.8 Å². The van der Waals surface area contributed by atoms with Gasteiger partial charge in [0, 0.05) is 18.4 Å². The third-order valence-electron chi connectivity index (χ3n) is 6.84. The molecule has 1 aromatic rings. The SMILES string of the molecule is COC(=O)C1=CC2=C(C3=C(CC2)CC2(CC3)OCCO2)[C@H](Cc2ccccc2)C1. The first-order valence-corrected chi connectivity index (χ1v) is 10.7. The topological polar surface area (TPSA) is 44.8 Å². The lowest BCUT2D eigenvalue weighted by atomic mass is 9.68. The van der Waals surface area contributed by atoms with E-state index in [2.05, 4.69) is 36.4 Å². The summed E-state index contributed by atoms with van der Waals surface area (Å²) in [4.78, 5) is 12.3. The van der Waals surface area contributed by atoms with Crippen LogP contribution in [-0.2, 0) is 25.4 Å². The van der Waals surface area contributed by atoms with E-state index in [9.17, 15) is 4.79 Å². The molecule has 1 fully saturated rings. The van der Waals surface area contributed by atoms with Crippen molar-refractivity contribution in [2.24, 2.45) is 5.92 Å². The summed E-state index contributed by atoms with van der Waals surface area (Å²) in [5, 5.41) is 0. The first-order chi connectivity index (χ1) is 14.2. The second kappa shape index (κ2) is 7.58. The molecule has 0 radical (unpaired) electrons. The Morgan fingerprint density at radius 1 is 1.14 bits per heavy atom. The van der Waals surface area contributed by atoms with Gasteiger partial charge in [0.2, 0.25) is 0 Å². The van der Waals surface area contributed by atoms with Crippen molar-refractivity contribution < 1.29 is 19.0 Å². The molecule has 152 valence electrons. The van der Waals surface area contributed by atoms with E-state index < -0.39 is 0 Å². The highest BCUT2D eigenvalue weighted by Gasteiger charge is 2.43. The summed E-state index contributed by atoms with van der Waals surface area (Å²) in [6, 6.07) is 10.6. The minimum atomic E-state index is -0.381. The number of hydrogen-bond donors (Lipinski definition) is 0. The lowest BCUT2D eigenvalue weighted by molar-refractivity contribution is -0.163. The molecule has 29 heavy (non-hydrogen) atoms. The summed E-state index contributed by atoms with van der Waals surface area (Å²) in [6.07, 6.45) is 8.64. The van der Waals surface area contributed by atoms with Gasteiger partial charge in [-0.2, -0.15) is 0 Å². The smallest absolute Gasteiger partial charge is 0.333 e. The van der Waals surface area contributed by atoms with Crippen molar-refractivity contribution in [1.29, 1.82) is 0 Å². The number of carbonyl (C=O) groups is 1. The van der Waals surface area contributed by atoms with E-state index >= 15 is 0 Å². The van der Waals surface area contributed by atoms with E-state index in [1.165, 1.54) is 35.0 Å². The standard InChI is InChI=1S/C25H28O4/c1-27-24(26)21-14-18-7-8-19-16-25(28-11-12-29-25)10-9-22(19)23(18)20(15-21)13-17-5-3-2-4-6-17/h2-6,14,20H,7-13,15-16H2,1H3/t20-/m1/s1. The van der Waals surface area contributed by atoms with Gasteiger partial charge in [-0.15, -0.1) is 0 Å². The monoisotopic (exact) mass is 392 g/mol. The Hall–Kier alpha value is -2.17. The summed E-state index contributed by atoms with van der Waals surface area (Å²) in [5.41, 5.74) is 7.96. The van der Waals surface area contributed by atoms with Gasteiger partial charge in [0.1, 0.15) is 0 Å². The van der Waals surface area contributed by atoms with E-state index in [0.717, 1.165) is 50.5 Å². The Labute approximate surface area is 172 Å². The van der Waals surface area contributed by atoms with Crippen molar-refractivity contribution in [2.75, 3.05) is 20.3 Å². The number of carbonyl (C=O) groups excluding carboxylic acids is 1. The predicted octanol–water partition coefficient (Wildman–Crippen LogP) is 4.66. The molecule has 0 amide bonds. The number of methoxy groups -OCH3 is 1. The van der Waals surface area contributed by atoms with Crippen LogP contribution in [0.25, 0.3) is 0 Å². The lowest BCUT2D eigenvalue weighted by Crippen LogP contribution is -2.36. The first-order valence-electron chi connectivity index (χ1n) is 10.7. The van der Waals surface area contributed by atoms with Crippen molar-refractivity contribution >= 4 is 5.97 Å². The van der Waals surface area contributed by atoms with Crippen molar-refractivity contribution in [3.8, 4) is 0 Å². The highest BCUT2D eigenvalue weighted by Crippen LogP contribution is 2.50. The molecule has 4 nitrogen and oxygen atoms in total. The molecular weight excluding hydrogens is 364 g/mol. The van der Waals surface area contributed by atoms with E-state index in [1.807, 2.05) is 0 Å². The second-order valence-electron chi connectivity index (χ2n) is 8.56. The molecule has 0 saturated carbocycles. The Morgan fingerprint density at radius 2 is 1.93 bits per heavy atom. The minimum Gasteiger partial charge on any atom is -0.466 e. The van der Waals surface area contributed by atoms with Crippen LogP contribution in [-0.4, -0.2) is 32.1 Å². The average Bonchev–Trinajstić information content (AvgIpc) is 3.21. The summed E-state index contributed by atoms with van der Waals surface area (Å²) in [7, 11) is 1.48. The van der Waals surface area contributed by atoms with E-state index in [0.29, 0.717) is 19.1 Å². The Morgan fingerprint density at radius 3 is 2.69 bits per heavy atom. The van der Waals surface area contributed by atoms with Crippen LogP contribution in [0.15, 0.2) is 64.3 Å². The summed E-state index contributed by atoms with van der Waals surface area (Å²) in [5.74, 6) is -0.256. The number of allylic oxidation sites excluding steroid dienone is 4. The molecule has 1 atom stereocenters. The van der Waals surface area contributed by atoms with Crippen molar-refractivity contribution in [1.82, 2.24) is 0 Å². The van der Waals surface area contributed by atoms with Crippen LogP contribution in [0.1, 0.15) is 44.1 Å². The maximum absolute atomic E-state index is 12.3. The van der Waals surface area contributed by atoms with Crippen LogP contribution in [0, 0.1) is 5.92 Å². The molecule has 3 aliphatic carbocycles. The highest BCUT2D eigenvalue weighted by atomic mass is 16.7. The molecule has 0 aromatic heterocycles. The maximum Gasteiger partial charge on any atom is 0.333 e. The predicted molar refractivity (Wildman–Crippen MR) is 110 cm³/mol. The minimum absolute atomic E-state index is 0.190. The summed E-state index contributed by atoms with van der Waals surface area (Å²) >= 11 is 0. The number of esters is 1. The van der Waals surface area contributed by atoms with Crippen LogP contribution in [0.2, 0.25) is 0 Å². The highest BCUT2D eigenvalue weighted by molar-refractivity contribution is 5.89. The van der Waals surface area contributed by atoms with Crippen LogP contribution in [0.3, 0.4) is 0 Å². The third kappa shape index (κ3) is 3.49. The molecule has 1 saturated heterocycles. The number of rotatable bonds is 3. The fourth-order valence-electron chi connectivity index (χ4n) is 5.58. The average molecular weight is 392 g/mol. The number of hydrogen-bond acceptors (Lipinski definition) is 4. The second-order valence-corrected chi connectivity index (χ2v) is 8.56. The number of ether oxygens (including phenoxy) is 3. The van der Waals surface area contributed by atoms with Gasteiger partial charge in [-0.1, -0.05) is 35.9 Å². The molecule has 0 bridgehead atoms. The van der Waals surface area contributed by atoms with Crippen molar-refractivity contribution in [2.45, 2.75) is 50.7 Å². The normalized spacial score (nSPS) is 25.6. The van der Waals surface area contributed by atoms with Crippen LogP contribution < -0.4 is 0 Å². The summed E-state index contributed by atoms with van der Waals surface area (Å²) < 4.78 is 17.1. The molecule has 1 spiro atoms. The molecule has 1 heterocycles. The number of benzene rings is 1. The van der Waals surface area contributed by atoms with Crippen molar-refractivity contribution in [3.05, 3.63) is 69.8 Å². The molecule has 5 rings (SSSR count). The van der Waals surface area contributed by atoms with Gasteiger partial charge in [-0.25, -0.2) is 4.79 Å². The van der Waals surface area contributed by atoms with Gasteiger partial charge >= 0.3 is 5.97 Å². The van der Waals surface area contributed by atoms with Gasteiger partial charge in [-0.3, -0.25) is 0 Å². The Balaban J connectivity index is 1.52. The third-order valence-corrected chi connectivity index (χ3v) is 6.84. The van der Waals surface area contributed by atoms with E-state index in [4.69, 9.17) is 14.2 Å². The van der Waals surface area contributed by atoms with Crippen LogP contribution in [0.4, 0.5) is 0 Å². The fourth-order valence-corrected chi connectivity index (χ4v) is 5.58. The Bertz CT molecular complexity index is 900. The van der Waals surface area contributed by atoms with Gasteiger partial charge < -0.3 is 14.2 Å². The molecular formula is C25H28O4. The maximum atomic E-state index is 12.3. The molecule has 4 aliphatic rings. The molecule has 4 heteroatoms. The zero-order valence-corrected chi connectivity index (χ0v) is 17.0. The lowest BCUT2D eigenvalue weighted by Gasteiger charge is -2.41. The van der Waals surface area contributed by atoms with Gasteiger partial charge in [0.15, 0.2) is 5.79 Å². The zero-order chi connectivity index (χ0) is 19.8.